The van der Waals surface area contributed by atoms with Crippen LogP contribution in [0.3, 0.4) is 0 Å². The average molecular weight is 575 g/mol. The van der Waals surface area contributed by atoms with Crippen molar-refractivity contribution in [2.45, 2.75) is 50.5 Å². The molecule has 0 aliphatic heterocycles. The van der Waals surface area contributed by atoms with Crippen molar-refractivity contribution in [1.29, 1.82) is 0 Å². The quantitative estimate of drug-likeness (QED) is 0.246. The SMILES string of the molecule is CCS(=O)(=O)Cc1ccc(C(=O)c2ccc(F)cc2OC)c(-c2cn(C)c(=O)cc2[C@@H](C)CC(C)(C)SN)c1. The molecule has 210 valence electrons. The summed E-state index contributed by atoms with van der Waals surface area (Å²) in [5.41, 5.74) is 2.56. The van der Waals surface area contributed by atoms with Crippen molar-refractivity contribution < 1.29 is 22.3 Å². The molecule has 0 saturated heterocycles. The number of halogens is 1. The van der Waals surface area contributed by atoms with Crippen molar-refractivity contribution >= 4 is 27.6 Å². The van der Waals surface area contributed by atoms with E-state index in [0.717, 1.165) is 11.6 Å². The standard InChI is InChI=1S/C29H35FN2O5S2/c1-7-39(35,36)17-19-8-10-21(28(34)22-11-9-20(30)13-26(22)37-6)24(12-19)25-16-32(5)27(33)14-23(25)18(2)15-29(3,4)38-31/h8-14,16,18H,7,15,17,31H2,1-6H3/t18-/m0/s1. The Balaban J connectivity index is 2.32. The number of carbonyl (C=O) groups excluding carboxylic acids is 1. The Morgan fingerprint density at radius 2 is 1.79 bits per heavy atom. The lowest BCUT2D eigenvalue weighted by molar-refractivity contribution is 0.103. The zero-order chi connectivity index (χ0) is 29.1. The number of nitrogens with two attached hydrogens (primary N) is 1. The Kier molecular flexibility index (Phi) is 9.46. The van der Waals surface area contributed by atoms with Gasteiger partial charge in [-0.15, -0.1) is 0 Å². The van der Waals surface area contributed by atoms with Gasteiger partial charge in [0.15, 0.2) is 15.6 Å². The van der Waals surface area contributed by atoms with E-state index < -0.39 is 21.4 Å². The molecule has 7 nitrogen and oxygen atoms in total. The molecule has 0 bridgehead atoms. The summed E-state index contributed by atoms with van der Waals surface area (Å²) in [4.78, 5) is 26.6. The number of hydrogen-bond donors (Lipinski definition) is 1. The summed E-state index contributed by atoms with van der Waals surface area (Å²) in [6, 6.07) is 10.1. The van der Waals surface area contributed by atoms with E-state index in [0.29, 0.717) is 23.1 Å². The van der Waals surface area contributed by atoms with Crippen LogP contribution in [0.5, 0.6) is 5.75 Å². The second kappa shape index (κ2) is 12.1. The van der Waals surface area contributed by atoms with Crippen molar-refractivity contribution in [2.24, 2.45) is 12.2 Å². The van der Waals surface area contributed by atoms with Gasteiger partial charge in [0.2, 0.25) is 0 Å². The number of carbonyl (C=O) groups is 1. The second-order valence-electron chi connectivity index (χ2n) is 10.3. The van der Waals surface area contributed by atoms with Crippen LogP contribution >= 0.6 is 11.9 Å². The van der Waals surface area contributed by atoms with Gasteiger partial charge in [-0.2, -0.15) is 0 Å². The molecule has 2 aromatic carbocycles. The molecule has 0 spiro atoms. The highest BCUT2D eigenvalue weighted by molar-refractivity contribution is 7.98. The third kappa shape index (κ3) is 7.17. The number of pyridine rings is 1. The van der Waals surface area contributed by atoms with Gasteiger partial charge in [0.25, 0.3) is 5.56 Å². The summed E-state index contributed by atoms with van der Waals surface area (Å²) in [5, 5.41) is 5.90. The summed E-state index contributed by atoms with van der Waals surface area (Å²) in [7, 11) is -0.382. The molecule has 3 rings (SSSR count). The lowest BCUT2D eigenvalue weighted by Gasteiger charge is -2.27. The lowest BCUT2D eigenvalue weighted by Crippen LogP contribution is -2.23. The molecule has 0 aliphatic rings. The molecule has 3 aromatic rings. The Bertz CT molecular complexity index is 1550. The van der Waals surface area contributed by atoms with Gasteiger partial charge < -0.3 is 9.30 Å². The van der Waals surface area contributed by atoms with Crippen molar-refractivity contribution in [3.8, 4) is 16.9 Å². The summed E-state index contributed by atoms with van der Waals surface area (Å²) in [5.74, 6) is -1.22. The Hall–Kier alpha value is -2.95. The van der Waals surface area contributed by atoms with E-state index in [-0.39, 0.29) is 44.6 Å². The molecule has 0 unspecified atom stereocenters. The molecule has 1 heterocycles. The molecule has 39 heavy (non-hydrogen) atoms. The molecule has 1 aromatic heterocycles. The van der Waals surface area contributed by atoms with E-state index in [9.17, 15) is 22.4 Å². The van der Waals surface area contributed by atoms with Gasteiger partial charge >= 0.3 is 0 Å². The van der Waals surface area contributed by atoms with Crippen molar-refractivity contribution in [3.05, 3.63) is 87.1 Å². The van der Waals surface area contributed by atoms with Gasteiger partial charge in [0.1, 0.15) is 11.6 Å². The molecule has 0 fully saturated rings. The Morgan fingerprint density at radius 3 is 2.41 bits per heavy atom. The van der Waals surface area contributed by atoms with Crippen LogP contribution in [-0.4, -0.2) is 36.4 Å². The largest absolute Gasteiger partial charge is 0.496 e. The third-order valence-corrected chi connectivity index (χ3v) is 9.22. The zero-order valence-corrected chi connectivity index (χ0v) is 24.7. The van der Waals surface area contributed by atoms with E-state index in [1.165, 1.54) is 35.8 Å². The van der Waals surface area contributed by atoms with Crippen LogP contribution in [-0.2, 0) is 22.6 Å². The molecule has 1 atom stereocenters. The monoisotopic (exact) mass is 574 g/mol. The first-order chi connectivity index (χ1) is 18.2. The van der Waals surface area contributed by atoms with E-state index >= 15 is 0 Å². The van der Waals surface area contributed by atoms with Gasteiger partial charge in [0, 0.05) is 47.0 Å². The van der Waals surface area contributed by atoms with Crippen LogP contribution in [0, 0.1) is 5.82 Å². The fourth-order valence-corrected chi connectivity index (χ4v) is 5.87. The van der Waals surface area contributed by atoms with Crippen LogP contribution in [0.2, 0.25) is 0 Å². The van der Waals surface area contributed by atoms with Gasteiger partial charge in [0.05, 0.1) is 18.4 Å². The normalized spacial score (nSPS) is 12.8. The number of aryl methyl sites for hydroxylation is 1. The van der Waals surface area contributed by atoms with E-state index in [1.807, 2.05) is 20.8 Å². The summed E-state index contributed by atoms with van der Waals surface area (Å²) >= 11 is 1.23. The minimum absolute atomic E-state index is 0.0241. The van der Waals surface area contributed by atoms with Crippen LogP contribution < -0.4 is 15.4 Å². The van der Waals surface area contributed by atoms with E-state index in [2.05, 4.69) is 0 Å². The van der Waals surface area contributed by atoms with Crippen molar-refractivity contribution in [1.82, 2.24) is 4.57 Å². The highest BCUT2D eigenvalue weighted by atomic mass is 32.2. The highest BCUT2D eigenvalue weighted by Crippen LogP contribution is 2.38. The number of ketones is 1. The molecule has 0 radical (unpaired) electrons. The van der Waals surface area contributed by atoms with E-state index in [4.69, 9.17) is 9.88 Å². The lowest BCUT2D eigenvalue weighted by atomic mass is 9.84. The van der Waals surface area contributed by atoms with Gasteiger partial charge in [-0.25, -0.2) is 12.8 Å². The minimum Gasteiger partial charge on any atom is -0.496 e. The number of methoxy groups -OCH3 is 1. The summed E-state index contributed by atoms with van der Waals surface area (Å²) in [6.07, 6.45) is 2.32. The first-order valence-electron chi connectivity index (χ1n) is 12.5. The predicted octanol–water partition coefficient (Wildman–Crippen LogP) is 5.24. The maximum atomic E-state index is 13.9. The number of nitrogens with zero attached hydrogens (tertiary/aromatic N) is 1. The molecule has 0 amide bonds. The number of ether oxygens (including phenoxy) is 1. The predicted molar refractivity (Wildman–Crippen MR) is 156 cm³/mol. The molecular weight excluding hydrogens is 539 g/mol. The van der Waals surface area contributed by atoms with Crippen LogP contribution in [0.15, 0.2) is 53.5 Å². The number of rotatable bonds is 11. The smallest absolute Gasteiger partial charge is 0.250 e. The minimum atomic E-state index is -3.36. The first-order valence-corrected chi connectivity index (χ1v) is 15.2. The Morgan fingerprint density at radius 1 is 1.13 bits per heavy atom. The highest BCUT2D eigenvalue weighted by Gasteiger charge is 2.27. The maximum absolute atomic E-state index is 13.9. The summed E-state index contributed by atoms with van der Waals surface area (Å²) < 4.78 is 45.2. The fraction of sp³-hybridized carbons (Fsp3) is 0.379. The molecule has 2 N–H and O–H groups in total. The van der Waals surface area contributed by atoms with Crippen LogP contribution in [0.25, 0.3) is 11.1 Å². The van der Waals surface area contributed by atoms with Crippen LogP contribution in [0.1, 0.15) is 67.1 Å². The number of hydrogen-bond acceptors (Lipinski definition) is 7. The second-order valence-corrected chi connectivity index (χ2v) is 14.0. The van der Waals surface area contributed by atoms with Gasteiger partial charge in [-0.05, 0) is 61.1 Å². The molecule has 0 aliphatic carbocycles. The van der Waals surface area contributed by atoms with Gasteiger partial charge in [-0.3, -0.25) is 14.7 Å². The van der Waals surface area contributed by atoms with Gasteiger partial charge in [-0.1, -0.05) is 37.9 Å². The maximum Gasteiger partial charge on any atom is 0.250 e. The number of sulfone groups is 1. The number of benzene rings is 2. The third-order valence-electron chi connectivity index (χ3n) is 6.76. The Labute approximate surface area is 233 Å². The molecular formula is C29H35FN2O5S2. The van der Waals surface area contributed by atoms with E-state index in [1.54, 1.807) is 44.4 Å². The molecule has 0 saturated carbocycles. The summed E-state index contributed by atoms with van der Waals surface area (Å²) in [6.45, 7) is 7.60. The van der Waals surface area contributed by atoms with Crippen LogP contribution in [0.4, 0.5) is 4.39 Å². The first kappa shape index (κ1) is 30.6. The molecule has 10 heteroatoms. The zero-order valence-electron chi connectivity index (χ0n) is 23.1. The van der Waals surface area contributed by atoms with Crippen molar-refractivity contribution in [3.63, 3.8) is 0 Å². The fourth-order valence-electron chi connectivity index (χ4n) is 4.63. The average Bonchev–Trinajstić information content (AvgIpc) is 2.89. The van der Waals surface area contributed by atoms with Crippen molar-refractivity contribution in [2.75, 3.05) is 12.9 Å². The number of aromatic nitrogens is 1. The topological polar surface area (TPSA) is 108 Å².